The Morgan fingerprint density at radius 1 is 1.13 bits per heavy atom. The first kappa shape index (κ1) is 18.4. The molecule has 0 radical (unpaired) electrons. The SMILES string of the molecule is O=c1[nH]c(-c2ccco2)nc2c1CN(Cc1ccc(-c3ccc(F)cc3)nc1)CC2. The molecule has 0 atom stereocenters. The molecular weight excluding hydrogens is 383 g/mol. The van der Waals surface area contributed by atoms with E-state index in [1.165, 1.54) is 12.1 Å². The van der Waals surface area contributed by atoms with Crippen LogP contribution in [0.5, 0.6) is 0 Å². The van der Waals surface area contributed by atoms with Gasteiger partial charge in [0.15, 0.2) is 11.6 Å². The van der Waals surface area contributed by atoms with Crippen molar-refractivity contribution in [3.63, 3.8) is 0 Å². The fourth-order valence-electron chi connectivity index (χ4n) is 3.71. The normalized spacial score (nSPS) is 13.9. The van der Waals surface area contributed by atoms with Crippen LogP contribution >= 0.6 is 0 Å². The first-order chi connectivity index (χ1) is 14.7. The number of aromatic amines is 1. The van der Waals surface area contributed by atoms with Crippen LogP contribution in [-0.2, 0) is 19.5 Å². The predicted molar refractivity (Wildman–Crippen MR) is 110 cm³/mol. The van der Waals surface area contributed by atoms with E-state index in [2.05, 4.69) is 19.9 Å². The minimum Gasteiger partial charge on any atom is -0.461 e. The smallest absolute Gasteiger partial charge is 0.256 e. The van der Waals surface area contributed by atoms with Crippen molar-refractivity contribution >= 4 is 0 Å². The molecule has 0 amide bonds. The van der Waals surface area contributed by atoms with Gasteiger partial charge in [-0.05, 0) is 48.0 Å². The van der Waals surface area contributed by atoms with Crippen LogP contribution in [0.3, 0.4) is 0 Å². The third-order valence-corrected chi connectivity index (χ3v) is 5.27. The lowest BCUT2D eigenvalue weighted by molar-refractivity contribution is 0.241. The Hall–Kier alpha value is -3.58. The summed E-state index contributed by atoms with van der Waals surface area (Å²) in [7, 11) is 0. The highest BCUT2D eigenvalue weighted by molar-refractivity contribution is 5.58. The van der Waals surface area contributed by atoms with Gasteiger partial charge in [0.2, 0.25) is 0 Å². The predicted octanol–water partition coefficient (Wildman–Crippen LogP) is 3.79. The van der Waals surface area contributed by atoms with E-state index in [0.717, 1.165) is 29.1 Å². The molecule has 6 nitrogen and oxygen atoms in total. The van der Waals surface area contributed by atoms with Gasteiger partial charge in [0.25, 0.3) is 5.56 Å². The number of hydrogen-bond donors (Lipinski definition) is 1. The second-order valence-corrected chi connectivity index (χ2v) is 7.34. The average Bonchev–Trinajstić information content (AvgIpc) is 3.30. The maximum Gasteiger partial charge on any atom is 0.256 e. The van der Waals surface area contributed by atoms with Crippen molar-refractivity contribution in [2.45, 2.75) is 19.5 Å². The van der Waals surface area contributed by atoms with Crippen LogP contribution in [0.2, 0.25) is 0 Å². The van der Waals surface area contributed by atoms with E-state index in [1.807, 2.05) is 18.3 Å². The standard InChI is InChI=1S/C23H19FN4O2/c24-17-6-4-16(5-7-17)19-8-3-15(12-25-19)13-28-10-9-20-18(14-28)23(29)27-22(26-20)21-2-1-11-30-21/h1-8,11-12H,9-10,13-14H2,(H,26,27,29). The number of halogens is 1. The molecule has 0 spiro atoms. The second-order valence-electron chi connectivity index (χ2n) is 7.34. The molecule has 5 rings (SSSR count). The molecule has 30 heavy (non-hydrogen) atoms. The van der Waals surface area contributed by atoms with Gasteiger partial charge in [-0.1, -0.05) is 6.07 Å². The first-order valence-corrected chi connectivity index (χ1v) is 9.75. The Morgan fingerprint density at radius 3 is 2.73 bits per heavy atom. The number of aromatic nitrogens is 3. The minimum absolute atomic E-state index is 0.124. The Balaban J connectivity index is 1.31. The van der Waals surface area contributed by atoms with Crippen molar-refractivity contribution in [2.75, 3.05) is 6.54 Å². The summed E-state index contributed by atoms with van der Waals surface area (Å²) in [6, 6.07) is 13.8. The van der Waals surface area contributed by atoms with E-state index in [-0.39, 0.29) is 11.4 Å². The van der Waals surface area contributed by atoms with Gasteiger partial charge in [-0.2, -0.15) is 0 Å². The summed E-state index contributed by atoms with van der Waals surface area (Å²) in [5.74, 6) is 0.768. The fraction of sp³-hybridized carbons (Fsp3) is 0.174. The molecule has 0 bridgehead atoms. The van der Waals surface area contributed by atoms with E-state index < -0.39 is 0 Å². The lowest BCUT2D eigenvalue weighted by Crippen LogP contribution is -2.35. The Morgan fingerprint density at radius 2 is 2.00 bits per heavy atom. The van der Waals surface area contributed by atoms with E-state index in [0.29, 0.717) is 36.7 Å². The average molecular weight is 402 g/mol. The topological polar surface area (TPSA) is 75.0 Å². The summed E-state index contributed by atoms with van der Waals surface area (Å²) in [6.07, 6.45) is 4.09. The summed E-state index contributed by atoms with van der Waals surface area (Å²) in [5.41, 5.74) is 4.13. The lowest BCUT2D eigenvalue weighted by Gasteiger charge is -2.27. The largest absolute Gasteiger partial charge is 0.461 e. The van der Waals surface area contributed by atoms with E-state index >= 15 is 0 Å². The first-order valence-electron chi connectivity index (χ1n) is 9.75. The molecule has 0 saturated carbocycles. The monoisotopic (exact) mass is 402 g/mol. The number of nitrogens with one attached hydrogen (secondary N) is 1. The highest BCUT2D eigenvalue weighted by Gasteiger charge is 2.22. The number of fused-ring (bicyclic) bond motifs is 1. The van der Waals surface area contributed by atoms with Gasteiger partial charge in [0.1, 0.15) is 5.82 Å². The molecule has 1 aliphatic rings. The van der Waals surface area contributed by atoms with Crippen molar-refractivity contribution < 1.29 is 8.81 Å². The minimum atomic E-state index is -0.262. The molecule has 1 aromatic carbocycles. The van der Waals surface area contributed by atoms with Gasteiger partial charge in [-0.25, -0.2) is 9.37 Å². The zero-order valence-electron chi connectivity index (χ0n) is 16.1. The molecule has 0 unspecified atom stereocenters. The number of rotatable bonds is 4. The zero-order chi connectivity index (χ0) is 20.5. The van der Waals surface area contributed by atoms with Crippen molar-refractivity contribution in [2.24, 2.45) is 0 Å². The molecule has 0 saturated heterocycles. The third kappa shape index (κ3) is 3.67. The third-order valence-electron chi connectivity index (χ3n) is 5.27. The number of H-pyrrole nitrogens is 1. The summed E-state index contributed by atoms with van der Waals surface area (Å²) in [6.45, 7) is 2.03. The van der Waals surface area contributed by atoms with Gasteiger partial charge in [-0.3, -0.25) is 14.7 Å². The molecular formula is C23H19FN4O2. The van der Waals surface area contributed by atoms with Gasteiger partial charge < -0.3 is 9.40 Å². The van der Waals surface area contributed by atoms with Gasteiger partial charge in [-0.15, -0.1) is 0 Å². The number of pyridine rings is 1. The maximum absolute atomic E-state index is 13.1. The van der Waals surface area contributed by atoms with Crippen molar-refractivity contribution in [3.8, 4) is 22.8 Å². The lowest BCUT2D eigenvalue weighted by atomic mass is 10.1. The van der Waals surface area contributed by atoms with E-state index in [1.54, 1.807) is 30.5 Å². The number of nitrogens with zero attached hydrogens (tertiary/aromatic N) is 3. The Labute approximate surface area is 172 Å². The molecule has 1 N–H and O–H groups in total. The van der Waals surface area contributed by atoms with E-state index in [4.69, 9.17) is 4.42 Å². The number of hydrogen-bond acceptors (Lipinski definition) is 5. The number of benzene rings is 1. The Kier molecular flexibility index (Phi) is 4.72. The highest BCUT2D eigenvalue weighted by Crippen LogP contribution is 2.21. The van der Waals surface area contributed by atoms with Crippen LogP contribution in [0.25, 0.3) is 22.8 Å². The quantitative estimate of drug-likeness (QED) is 0.562. The molecule has 3 aromatic heterocycles. The van der Waals surface area contributed by atoms with Crippen LogP contribution < -0.4 is 5.56 Å². The molecule has 7 heteroatoms. The van der Waals surface area contributed by atoms with Crippen LogP contribution in [0.15, 0.2) is 70.2 Å². The summed E-state index contributed by atoms with van der Waals surface area (Å²) in [4.78, 5) is 26.7. The van der Waals surface area contributed by atoms with Crippen molar-refractivity contribution in [3.05, 3.63) is 94.0 Å². The molecule has 1 aliphatic heterocycles. The number of furan rings is 1. The van der Waals surface area contributed by atoms with E-state index in [9.17, 15) is 9.18 Å². The zero-order valence-corrected chi connectivity index (χ0v) is 16.1. The van der Waals surface area contributed by atoms with Gasteiger partial charge in [0, 0.05) is 37.8 Å². The molecule has 4 heterocycles. The van der Waals surface area contributed by atoms with Crippen LogP contribution in [-0.4, -0.2) is 26.4 Å². The highest BCUT2D eigenvalue weighted by atomic mass is 19.1. The van der Waals surface area contributed by atoms with Gasteiger partial charge in [0.05, 0.1) is 23.2 Å². The van der Waals surface area contributed by atoms with Gasteiger partial charge >= 0.3 is 0 Å². The van der Waals surface area contributed by atoms with Crippen molar-refractivity contribution in [1.29, 1.82) is 0 Å². The maximum atomic E-state index is 13.1. The second kappa shape index (κ2) is 7.68. The molecule has 0 fully saturated rings. The summed E-state index contributed by atoms with van der Waals surface area (Å²) in [5, 5.41) is 0. The molecule has 4 aromatic rings. The Bertz CT molecular complexity index is 1220. The fourth-order valence-corrected chi connectivity index (χ4v) is 3.71. The summed E-state index contributed by atoms with van der Waals surface area (Å²) < 4.78 is 18.4. The van der Waals surface area contributed by atoms with Crippen molar-refractivity contribution in [1.82, 2.24) is 19.9 Å². The summed E-state index contributed by atoms with van der Waals surface area (Å²) >= 11 is 0. The van der Waals surface area contributed by atoms with Crippen LogP contribution in [0.1, 0.15) is 16.8 Å². The molecule has 150 valence electrons. The molecule has 0 aliphatic carbocycles. The van der Waals surface area contributed by atoms with Crippen LogP contribution in [0.4, 0.5) is 4.39 Å². The van der Waals surface area contributed by atoms with Crippen LogP contribution in [0, 0.1) is 5.82 Å².